The van der Waals surface area contributed by atoms with E-state index in [-0.39, 0.29) is 29.6 Å². The Balaban J connectivity index is 1.64. The molecule has 2 aromatic rings. The molecule has 1 aliphatic carbocycles. The minimum Gasteiger partial charge on any atom is -0.497 e. The van der Waals surface area contributed by atoms with Gasteiger partial charge in [-0.2, -0.15) is 0 Å². The number of fused-ring (bicyclic) bond motifs is 1. The minimum absolute atomic E-state index is 0.184. The summed E-state index contributed by atoms with van der Waals surface area (Å²) >= 11 is 0. The molecule has 2 atom stereocenters. The summed E-state index contributed by atoms with van der Waals surface area (Å²) in [7, 11) is 1.56. The maximum Gasteiger partial charge on any atom is 0.257 e. The zero-order valence-electron chi connectivity index (χ0n) is 15.7. The Morgan fingerprint density at radius 3 is 2.36 bits per heavy atom. The molecule has 0 aromatic heterocycles. The van der Waals surface area contributed by atoms with Crippen LogP contribution in [-0.2, 0) is 9.59 Å². The molecule has 0 unspecified atom stereocenters. The van der Waals surface area contributed by atoms with E-state index < -0.39 is 0 Å². The van der Waals surface area contributed by atoms with Crippen LogP contribution in [0.2, 0.25) is 0 Å². The van der Waals surface area contributed by atoms with E-state index >= 15 is 0 Å². The molecular formula is C22H22N2O4. The standard InChI is InChI=1S/C22H22N2O4/c1-28-15-8-6-7-14(13-15)23-20(25)18-11-4-5-12-19(18)24-21(26)16-9-2-3-10-17(16)22(24)27/h4-8,11-13,16-17H,2-3,9-10H2,1H3,(H,23,25)/t16-,17+. The Morgan fingerprint density at radius 2 is 1.68 bits per heavy atom. The number of rotatable bonds is 4. The number of anilines is 2. The second-order valence-corrected chi connectivity index (χ2v) is 7.21. The first-order valence-electron chi connectivity index (χ1n) is 9.52. The van der Waals surface area contributed by atoms with E-state index in [1.807, 2.05) is 0 Å². The summed E-state index contributed by atoms with van der Waals surface area (Å²) in [5, 5.41) is 2.82. The van der Waals surface area contributed by atoms with E-state index in [0.717, 1.165) is 25.7 Å². The Hall–Kier alpha value is -3.15. The molecule has 2 fully saturated rings. The first-order chi connectivity index (χ1) is 13.6. The van der Waals surface area contributed by atoms with Gasteiger partial charge in [0.2, 0.25) is 11.8 Å². The van der Waals surface area contributed by atoms with Crippen LogP contribution in [0.25, 0.3) is 0 Å². The van der Waals surface area contributed by atoms with Gasteiger partial charge in [0.1, 0.15) is 5.75 Å². The molecule has 0 radical (unpaired) electrons. The van der Waals surface area contributed by atoms with Gasteiger partial charge in [0.15, 0.2) is 0 Å². The van der Waals surface area contributed by atoms with Crippen LogP contribution in [0.1, 0.15) is 36.0 Å². The summed E-state index contributed by atoms with van der Waals surface area (Å²) in [6.07, 6.45) is 3.41. The van der Waals surface area contributed by atoms with Gasteiger partial charge in [-0.25, -0.2) is 4.90 Å². The average Bonchev–Trinajstić information content (AvgIpc) is 2.98. The number of benzene rings is 2. The Bertz CT molecular complexity index is 916. The van der Waals surface area contributed by atoms with Crippen molar-refractivity contribution in [2.75, 3.05) is 17.3 Å². The van der Waals surface area contributed by atoms with Gasteiger partial charge in [-0.1, -0.05) is 31.0 Å². The average molecular weight is 378 g/mol. The van der Waals surface area contributed by atoms with Crippen molar-refractivity contribution < 1.29 is 19.1 Å². The third kappa shape index (κ3) is 3.15. The van der Waals surface area contributed by atoms with Gasteiger partial charge in [0.05, 0.1) is 30.2 Å². The van der Waals surface area contributed by atoms with Crippen LogP contribution >= 0.6 is 0 Å². The third-order valence-electron chi connectivity index (χ3n) is 5.56. The Labute approximate surface area is 163 Å². The fourth-order valence-electron chi connectivity index (χ4n) is 4.16. The SMILES string of the molecule is COc1cccc(NC(=O)c2ccccc2N2C(=O)[C@H]3CCCC[C@H]3C2=O)c1. The highest BCUT2D eigenvalue weighted by molar-refractivity contribution is 6.24. The molecule has 0 spiro atoms. The highest BCUT2D eigenvalue weighted by atomic mass is 16.5. The van der Waals surface area contributed by atoms with Gasteiger partial charge < -0.3 is 10.1 Å². The lowest BCUT2D eigenvalue weighted by Crippen LogP contribution is -2.32. The smallest absolute Gasteiger partial charge is 0.257 e. The third-order valence-corrected chi connectivity index (χ3v) is 5.56. The fraction of sp³-hybridized carbons (Fsp3) is 0.318. The zero-order chi connectivity index (χ0) is 19.7. The molecule has 0 bridgehead atoms. The second-order valence-electron chi connectivity index (χ2n) is 7.21. The van der Waals surface area contributed by atoms with E-state index in [9.17, 15) is 14.4 Å². The molecule has 144 valence electrons. The van der Waals surface area contributed by atoms with Crippen molar-refractivity contribution in [3.8, 4) is 5.75 Å². The summed E-state index contributed by atoms with van der Waals surface area (Å²) in [6, 6.07) is 13.8. The topological polar surface area (TPSA) is 75.7 Å². The van der Waals surface area contributed by atoms with E-state index in [1.54, 1.807) is 55.6 Å². The van der Waals surface area contributed by atoms with Crippen LogP contribution in [0.5, 0.6) is 5.75 Å². The molecule has 1 heterocycles. The summed E-state index contributed by atoms with van der Waals surface area (Å²) < 4.78 is 5.18. The van der Waals surface area contributed by atoms with Crippen molar-refractivity contribution in [1.82, 2.24) is 0 Å². The molecule has 6 heteroatoms. The minimum atomic E-state index is -0.376. The first kappa shape index (κ1) is 18.2. The lowest BCUT2D eigenvalue weighted by atomic mass is 9.81. The Kier molecular flexibility index (Phi) is 4.86. The molecule has 4 rings (SSSR count). The van der Waals surface area contributed by atoms with Crippen molar-refractivity contribution in [1.29, 1.82) is 0 Å². The van der Waals surface area contributed by atoms with Crippen LogP contribution < -0.4 is 15.0 Å². The van der Waals surface area contributed by atoms with Gasteiger partial charge >= 0.3 is 0 Å². The number of carbonyl (C=O) groups excluding carboxylic acids is 3. The highest BCUT2D eigenvalue weighted by Crippen LogP contribution is 2.41. The van der Waals surface area contributed by atoms with Crippen LogP contribution in [0.3, 0.4) is 0 Å². The number of nitrogens with one attached hydrogen (secondary N) is 1. The molecular weight excluding hydrogens is 356 g/mol. The summed E-state index contributed by atoms with van der Waals surface area (Å²) in [4.78, 5) is 40.0. The molecule has 2 aromatic carbocycles. The number of carbonyl (C=O) groups is 3. The lowest BCUT2D eigenvalue weighted by molar-refractivity contribution is -0.122. The van der Waals surface area contributed by atoms with E-state index in [0.29, 0.717) is 22.7 Å². The number of nitrogens with zero attached hydrogens (tertiary/aromatic N) is 1. The lowest BCUT2D eigenvalue weighted by Gasteiger charge is -2.19. The maximum atomic E-state index is 12.9. The summed E-state index contributed by atoms with van der Waals surface area (Å²) in [5.41, 5.74) is 1.23. The maximum absolute atomic E-state index is 12.9. The number of hydrogen-bond donors (Lipinski definition) is 1. The summed E-state index contributed by atoms with van der Waals surface area (Å²) in [6.45, 7) is 0. The van der Waals surface area contributed by atoms with Crippen LogP contribution in [0.15, 0.2) is 48.5 Å². The largest absolute Gasteiger partial charge is 0.497 e. The first-order valence-corrected chi connectivity index (χ1v) is 9.52. The van der Waals surface area contributed by atoms with Gasteiger partial charge in [-0.15, -0.1) is 0 Å². The molecule has 2 aliphatic rings. The van der Waals surface area contributed by atoms with Crippen molar-refractivity contribution in [2.45, 2.75) is 25.7 Å². The van der Waals surface area contributed by atoms with Crippen molar-refractivity contribution >= 4 is 29.1 Å². The second kappa shape index (κ2) is 7.46. The van der Waals surface area contributed by atoms with Gasteiger partial charge in [0, 0.05) is 11.8 Å². The van der Waals surface area contributed by atoms with Gasteiger partial charge in [-0.05, 0) is 37.1 Å². The zero-order valence-corrected chi connectivity index (χ0v) is 15.7. The van der Waals surface area contributed by atoms with Gasteiger partial charge in [0.25, 0.3) is 5.91 Å². The number of para-hydroxylation sites is 1. The van der Waals surface area contributed by atoms with Gasteiger partial charge in [-0.3, -0.25) is 14.4 Å². The van der Waals surface area contributed by atoms with Crippen molar-refractivity contribution in [3.63, 3.8) is 0 Å². The number of methoxy groups -OCH3 is 1. The highest BCUT2D eigenvalue weighted by Gasteiger charge is 2.49. The van der Waals surface area contributed by atoms with E-state index in [2.05, 4.69) is 5.32 Å². The number of ether oxygens (including phenoxy) is 1. The molecule has 3 amide bonds. The van der Waals surface area contributed by atoms with Crippen LogP contribution in [0.4, 0.5) is 11.4 Å². The quantitative estimate of drug-likeness (QED) is 0.825. The fourth-order valence-corrected chi connectivity index (χ4v) is 4.16. The number of imide groups is 1. The Morgan fingerprint density at radius 1 is 1.00 bits per heavy atom. The predicted octanol–water partition coefficient (Wildman–Crippen LogP) is 3.63. The molecule has 1 saturated heterocycles. The normalized spacial score (nSPS) is 21.4. The summed E-state index contributed by atoms with van der Waals surface area (Å²) in [5.74, 6) is -0.626. The molecule has 1 N–H and O–H groups in total. The number of hydrogen-bond acceptors (Lipinski definition) is 4. The van der Waals surface area contributed by atoms with E-state index in [4.69, 9.17) is 4.74 Å². The molecule has 28 heavy (non-hydrogen) atoms. The van der Waals surface area contributed by atoms with Crippen LogP contribution in [0, 0.1) is 11.8 Å². The molecule has 1 aliphatic heterocycles. The van der Waals surface area contributed by atoms with Crippen LogP contribution in [-0.4, -0.2) is 24.8 Å². The number of amides is 3. The molecule has 6 nitrogen and oxygen atoms in total. The predicted molar refractivity (Wildman–Crippen MR) is 105 cm³/mol. The molecule has 1 saturated carbocycles. The van der Waals surface area contributed by atoms with Crippen molar-refractivity contribution in [3.05, 3.63) is 54.1 Å². The monoisotopic (exact) mass is 378 g/mol. The van der Waals surface area contributed by atoms with E-state index in [1.165, 1.54) is 4.90 Å². The van der Waals surface area contributed by atoms with Crippen molar-refractivity contribution in [2.24, 2.45) is 11.8 Å².